The Hall–Kier alpha value is -4.90. The van der Waals surface area contributed by atoms with Gasteiger partial charge in [0.1, 0.15) is 18.7 Å². The number of hydrogen-bond donors (Lipinski definition) is 2. The van der Waals surface area contributed by atoms with E-state index in [1.807, 2.05) is 34.6 Å². The predicted octanol–water partition coefficient (Wildman–Crippen LogP) is 7.98. The van der Waals surface area contributed by atoms with Crippen molar-refractivity contribution >= 4 is 86.8 Å². The van der Waals surface area contributed by atoms with Gasteiger partial charge in [-0.3, -0.25) is 5.73 Å². The van der Waals surface area contributed by atoms with Crippen molar-refractivity contribution in [3.63, 3.8) is 0 Å². The molecule has 0 saturated carbocycles. The summed E-state index contributed by atoms with van der Waals surface area (Å²) in [4.78, 5) is 25.3. The van der Waals surface area contributed by atoms with Gasteiger partial charge >= 0.3 is 6.03 Å². The number of hydrogen-bond acceptors (Lipinski definition) is 7. The molecule has 0 aliphatic carbocycles. The lowest BCUT2D eigenvalue weighted by Crippen LogP contribution is -2.55. The summed E-state index contributed by atoms with van der Waals surface area (Å²) in [6.45, 7) is 4.16. The molecule has 3 atom stereocenters. The van der Waals surface area contributed by atoms with E-state index in [4.69, 9.17) is 5.73 Å². The van der Waals surface area contributed by atoms with E-state index in [0.717, 1.165) is 11.4 Å². The van der Waals surface area contributed by atoms with E-state index < -0.39 is 12.3 Å². The van der Waals surface area contributed by atoms with Gasteiger partial charge in [0.25, 0.3) is 0 Å². The van der Waals surface area contributed by atoms with Crippen LogP contribution in [0.3, 0.4) is 0 Å². The minimum atomic E-state index is -0.749. The molecule has 8 nitrogen and oxygen atoms in total. The number of thiophene rings is 2. The first kappa shape index (κ1) is 27.6. The monoisotopic (exact) mass is 629 g/mol. The van der Waals surface area contributed by atoms with Gasteiger partial charge in [-0.1, -0.05) is 60.7 Å². The van der Waals surface area contributed by atoms with Crippen LogP contribution in [0.4, 0.5) is 16.2 Å². The topological polar surface area (TPSA) is 80.4 Å². The number of amides is 2. The van der Waals surface area contributed by atoms with Gasteiger partial charge in [-0.2, -0.15) is 4.99 Å². The van der Waals surface area contributed by atoms with Crippen LogP contribution in [0, 0.1) is 0 Å². The number of nitrogens with two attached hydrogens (primary N) is 1. The van der Waals surface area contributed by atoms with Gasteiger partial charge in [0.2, 0.25) is 0 Å². The van der Waals surface area contributed by atoms with Crippen LogP contribution in [0.15, 0.2) is 115 Å². The number of nitrogens with one attached hydrogen (secondary N) is 1. The van der Waals surface area contributed by atoms with Crippen molar-refractivity contribution in [1.82, 2.24) is 15.1 Å². The van der Waals surface area contributed by atoms with Crippen LogP contribution in [0.25, 0.3) is 40.3 Å². The van der Waals surface area contributed by atoms with E-state index in [1.165, 1.54) is 40.3 Å². The molecule has 8 rings (SSSR count). The van der Waals surface area contributed by atoms with Gasteiger partial charge in [0.15, 0.2) is 6.29 Å². The van der Waals surface area contributed by atoms with E-state index in [0.29, 0.717) is 0 Å². The molecule has 2 aliphatic rings. The van der Waals surface area contributed by atoms with Crippen LogP contribution >= 0.6 is 22.7 Å². The van der Waals surface area contributed by atoms with E-state index in [9.17, 15) is 4.79 Å². The molecule has 45 heavy (non-hydrogen) atoms. The molecule has 0 fully saturated rings. The fourth-order valence-electron chi connectivity index (χ4n) is 6.34. The van der Waals surface area contributed by atoms with E-state index in [-0.39, 0.29) is 12.3 Å². The summed E-state index contributed by atoms with van der Waals surface area (Å²) < 4.78 is 4.99. The Bertz CT molecular complexity index is 2180. The van der Waals surface area contributed by atoms with Crippen molar-refractivity contribution in [2.75, 3.05) is 9.80 Å². The van der Waals surface area contributed by atoms with Crippen LogP contribution in [0.5, 0.6) is 0 Å². The first-order valence-corrected chi connectivity index (χ1v) is 16.5. The maximum Gasteiger partial charge on any atom is 0.344 e. The first-order valence-electron chi connectivity index (χ1n) is 14.9. The molecule has 2 aromatic heterocycles. The number of carbonyl (C=O) groups excluding carboxylic acids is 1. The third-order valence-electron chi connectivity index (χ3n) is 8.69. The lowest BCUT2D eigenvalue weighted by Gasteiger charge is -2.33. The Morgan fingerprint density at radius 2 is 1.27 bits per heavy atom. The largest absolute Gasteiger partial charge is 0.344 e. The highest BCUT2D eigenvalue weighted by Gasteiger charge is 2.30. The molecule has 3 N–H and O–H groups in total. The van der Waals surface area contributed by atoms with E-state index in [1.54, 1.807) is 29.0 Å². The van der Waals surface area contributed by atoms with Crippen molar-refractivity contribution < 1.29 is 4.79 Å². The Kier molecular flexibility index (Phi) is 6.71. The molecule has 3 unspecified atom stereocenters. The van der Waals surface area contributed by atoms with Gasteiger partial charge in [0.05, 0.1) is 20.8 Å². The molecule has 4 aromatic carbocycles. The zero-order valence-electron chi connectivity index (χ0n) is 24.7. The lowest BCUT2D eigenvalue weighted by molar-refractivity contribution is 0.196. The van der Waals surface area contributed by atoms with Crippen LogP contribution in [-0.2, 0) is 0 Å². The van der Waals surface area contributed by atoms with Crippen molar-refractivity contribution in [3.05, 3.63) is 110 Å². The molecule has 0 radical (unpaired) electrons. The average molecular weight is 630 g/mol. The number of aliphatic imine (C=N–C) groups is 1. The van der Waals surface area contributed by atoms with Crippen molar-refractivity contribution in [3.8, 4) is 0 Å². The average Bonchev–Trinajstić information content (AvgIpc) is 3.82. The van der Waals surface area contributed by atoms with Gasteiger partial charge in [0, 0.05) is 55.7 Å². The van der Waals surface area contributed by atoms with Crippen LogP contribution in [-0.4, -0.2) is 40.8 Å². The third kappa shape index (κ3) is 4.61. The first-order chi connectivity index (χ1) is 22.0. The summed E-state index contributed by atoms with van der Waals surface area (Å²) in [5.41, 5.74) is 8.73. The fourth-order valence-corrected chi connectivity index (χ4v) is 8.78. The zero-order chi connectivity index (χ0) is 30.7. The molecule has 0 bridgehead atoms. The lowest BCUT2D eigenvalue weighted by atomic mass is 10.1. The fraction of sp³-hybridized carbons (Fsp3) is 0.143. The van der Waals surface area contributed by atoms with Crippen LogP contribution in [0.1, 0.15) is 13.8 Å². The Labute approximate surface area is 268 Å². The molecule has 0 saturated heterocycles. The quantitative estimate of drug-likeness (QED) is 0.114. The molecule has 6 aromatic rings. The number of nitrogens with zero attached hydrogens (tertiary/aromatic N) is 5. The second kappa shape index (κ2) is 10.9. The summed E-state index contributed by atoms with van der Waals surface area (Å²) in [6, 6.07) is 29.3. The number of rotatable bonds is 5. The molecular weight excluding hydrogens is 599 g/mol. The molecule has 2 amide bonds. The molecule has 2 aliphatic heterocycles. The predicted molar refractivity (Wildman–Crippen MR) is 190 cm³/mol. The third-order valence-corrected chi connectivity index (χ3v) is 11.1. The Morgan fingerprint density at radius 3 is 1.89 bits per heavy atom. The molecule has 0 spiro atoms. The van der Waals surface area contributed by atoms with Crippen molar-refractivity contribution in [2.45, 2.75) is 32.5 Å². The normalized spacial score (nSPS) is 19.0. The van der Waals surface area contributed by atoms with Gasteiger partial charge in [-0.05, 0) is 38.1 Å². The number of urea groups is 1. The second-order valence-corrected chi connectivity index (χ2v) is 13.3. The van der Waals surface area contributed by atoms with E-state index in [2.05, 4.69) is 119 Å². The van der Waals surface area contributed by atoms with Gasteiger partial charge in [-0.25, -0.2) is 4.79 Å². The molecular formula is C35H31N7OS2. The number of fused-ring (bicyclic) bond motifs is 6. The Morgan fingerprint density at radius 1 is 0.733 bits per heavy atom. The molecule has 10 heteroatoms. The minimum Gasteiger partial charge on any atom is -0.325 e. The molecule has 4 heterocycles. The van der Waals surface area contributed by atoms with Crippen molar-refractivity contribution in [2.24, 2.45) is 10.7 Å². The number of carbonyl (C=O) groups is 1. The van der Waals surface area contributed by atoms with Crippen molar-refractivity contribution in [1.29, 1.82) is 0 Å². The SMILES string of the molecule is CC1N(/C=N/C(=O)NC(N)N2C=CN(c3cccc4c3sc3ccccc34)C2C)C=CN1c1cccc2c1sc1ccccc12. The number of benzene rings is 4. The second-order valence-electron chi connectivity index (χ2n) is 11.2. The summed E-state index contributed by atoms with van der Waals surface area (Å²) in [6.07, 6.45) is 8.55. The highest BCUT2D eigenvalue weighted by atomic mass is 32.1. The van der Waals surface area contributed by atoms with Gasteiger partial charge in [-0.15, -0.1) is 22.7 Å². The van der Waals surface area contributed by atoms with Gasteiger partial charge < -0.3 is 24.9 Å². The van der Waals surface area contributed by atoms with Crippen LogP contribution < -0.4 is 20.9 Å². The summed E-state index contributed by atoms with van der Waals surface area (Å²) in [7, 11) is 0. The molecule has 224 valence electrons. The zero-order valence-corrected chi connectivity index (χ0v) is 26.4. The summed E-state index contributed by atoms with van der Waals surface area (Å²) in [5.74, 6) is 0. The standard InChI is InChI=1S/C35H31N7OS2/c1-22-39(17-18-40(22)28-13-7-11-26-24-9-3-5-15-30(24)44-32(26)28)21-37-35(43)38-34(36)42-20-19-41(23(42)2)29-14-8-12-27-25-10-4-6-16-31(25)45-33(27)29/h3-23,34H,36H2,1-2H3,(H,38,43)/b37-21+. The maximum atomic E-state index is 12.9. The highest BCUT2D eigenvalue weighted by molar-refractivity contribution is 7.26. The number of anilines is 2. The summed E-state index contributed by atoms with van der Waals surface area (Å²) in [5, 5.41) is 7.85. The van der Waals surface area contributed by atoms with Crippen LogP contribution in [0.2, 0.25) is 0 Å². The maximum absolute atomic E-state index is 12.9. The Balaban J connectivity index is 0.939. The summed E-state index contributed by atoms with van der Waals surface area (Å²) >= 11 is 3.59. The smallest absolute Gasteiger partial charge is 0.325 e. The highest BCUT2D eigenvalue weighted by Crippen LogP contribution is 2.42. The van der Waals surface area contributed by atoms with E-state index >= 15 is 0 Å². The minimum absolute atomic E-state index is 0.0576.